The number of carbonyl (C=O) groups is 2. The second kappa shape index (κ2) is 9.11. The molecule has 0 saturated heterocycles. The molecule has 1 atom stereocenters. The van der Waals surface area contributed by atoms with Crippen LogP contribution in [0.1, 0.15) is 60.7 Å². The molecule has 114 valence electrons. The Balaban J connectivity index is 2.36. The summed E-state index contributed by atoms with van der Waals surface area (Å²) in [5.74, 6) is 0.0870. The van der Waals surface area contributed by atoms with E-state index >= 15 is 0 Å². The molecule has 0 spiro atoms. The van der Waals surface area contributed by atoms with Crippen LogP contribution in [0.25, 0.3) is 0 Å². The first-order valence-electron chi connectivity index (χ1n) is 7.39. The second-order valence-corrected chi connectivity index (χ2v) is 5.59. The topological polar surface area (TPSA) is 43.4 Å². The average molecular weight is 288 g/mol. The van der Waals surface area contributed by atoms with E-state index in [0.29, 0.717) is 29.9 Å². The van der Waals surface area contributed by atoms with Gasteiger partial charge in [0.05, 0.1) is 12.2 Å². The molecule has 1 unspecified atom stereocenters. The van der Waals surface area contributed by atoms with E-state index in [1.54, 1.807) is 24.3 Å². The van der Waals surface area contributed by atoms with E-state index in [-0.39, 0.29) is 0 Å². The maximum absolute atomic E-state index is 11.9. The number of hydrogen-bond donors (Lipinski definition) is 0. The lowest BCUT2D eigenvalue weighted by Crippen LogP contribution is -2.11. The van der Waals surface area contributed by atoms with Gasteiger partial charge in [0.25, 0.3) is 0 Å². The number of aldehydes is 1. The Kier molecular flexibility index (Phi) is 7.44. The lowest BCUT2D eigenvalue weighted by molar-refractivity contribution is 0.0482. The Morgan fingerprint density at radius 1 is 1.24 bits per heavy atom. The zero-order valence-corrected chi connectivity index (χ0v) is 13.1. The van der Waals surface area contributed by atoms with Gasteiger partial charge in [-0.15, -0.1) is 0 Å². The molecule has 0 radical (unpaired) electrons. The van der Waals surface area contributed by atoms with Crippen LogP contribution in [0, 0.1) is 5.92 Å². The fraction of sp³-hybridized carbons (Fsp3) is 0.444. The molecule has 0 amide bonds. The number of rotatable bonds is 8. The summed E-state index contributed by atoms with van der Waals surface area (Å²) < 4.78 is 5.26. The molecule has 0 saturated carbocycles. The maximum Gasteiger partial charge on any atom is 0.338 e. The Labute approximate surface area is 127 Å². The van der Waals surface area contributed by atoms with Crippen molar-refractivity contribution in [1.82, 2.24) is 0 Å². The van der Waals surface area contributed by atoms with Gasteiger partial charge in [0.1, 0.15) is 0 Å². The highest BCUT2D eigenvalue weighted by atomic mass is 16.5. The lowest BCUT2D eigenvalue weighted by atomic mass is 10.0. The van der Waals surface area contributed by atoms with E-state index in [0.717, 1.165) is 19.3 Å². The van der Waals surface area contributed by atoms with Gasteiger partial charge in [-0.25, -0.2) is 4.79 Å². The van der Waals surface area contributed by atoms with Crippen molar-refractivity contribution >= 4 is 12.3 Å². The number of allylic oxidation sites excluding steroid dienone is 2. The molecule has 0 aliphatic rings. The van der Waals surface area contributed by atoms with Crippen LogP contribution >= 0.6 is 0 Å². The van der Waals surface area contributed by atoms with Gasteiger partial charge in [-0.3, -0.25) is 4.79 Å². The van der Waals surface area contributed by atoms with Crippen molar-refractivity contribution in [3.8, 4) is 0 Å². The van der Waals surface area contributed by atoms with Crippen molar-refractivity contribution < 1.29 is 14.3 Å². The van der Waals surface area contributed by atoms with Crippen molar-refractivity contribution in [3.63, 3.8) is 0 Å². The first-order chi connectivity index (χ1) is 10.0. The molecule has 0 N–H and O–H groups in total. The minimum atomic E-state index is -0.422. The van der Waals surface area contributed by atoms with Crippen LogP contribution in [-0.2, 0) is 4.74 Å². The number of benzene rings is 1. The average Bonchev–Trinajstić information content (AvgIpc) is 2.46. The molecule has 0 heterocycles. The molecule has 0 aromatic heterocycles. The first kappa shape index (κ1) is 17.2. The minimum absolute atomic E-state index is 0.338. The summed E-state index contributed by atoms with van der Waals surface area (Å²) in [7, 11) is 0. The molecule has 0 bridgehead atoms. The van der Waals surface area contributed by atoms with Crippen LogP contribution < -0.4 is 0 Å². The van der Waals surface area contributed by atoms with Gasteiger partial charge in [-0.05, 0) is 45.1 Å². The molecular weight excluding hydrogens is 264 g/mol. The number of esters is 1. The Morgan fingerprint density at radius 2 is 1.95 bits per heavy atom. The van der Waals surface area contributed by atoms with Crippen molar-refractivity contribution in [2.75, 3.05) is 6.61 Å². The Bertz CT molecular complexity index is 499. The van der Waals surface area contributed by atoms with Gasteiger partial charge in [0.2, 0.25) is 0 Å². The zero-order chi connectivity index (χ0) is 15.7. The molecule has 1 rings (SSSR count). The largest absolute Gasteiger partial charge is 0.462 e. The third-order valence-electron chi connectivity index (χ3n) is 3.36. The number of carbonyl (C=O) groups excluding carboxylic acids is 2. The highest BCUT2D eigenvalue weighted by Gasteiger charge is 2.12. The second-order valence-electron chi connectivity index (χ2n) is 5.59. The van der Waals surface area contributed by atoms with Crippen LogP contribution in [0.4, 0.5) is 0 Å². The summed E-state index contributed by atoms with van der Waals surface area (Å²) >= 11 is 0. The standard InChI is InChI=1S/C18H24O3/c1-14(2)7-6-8-15(3)11-12-21-18(20)17-10-5-4-9-16(17)13-19/h4-5,7,9-10,13,15H,6,8,11-12H2,1-3H3. The van der Waals surface area contributed by atoms with Crippen molar-refractivity contribution in [2.45, 2.75) is 40.0 Å². The third-order valence-corrected chi connectivity index (χ3v) is 3.36. The summed E-state index contributed by atoms with van der Waals surface area (Å²) in [5.41, 5.74) is 2.04. The predicted molar refractivity (Wildman–Crippen MR) is 84.6 cm³/mol. The summed E-state index contributed by atoms with van der Waals surface area (Å²) in [6, 6.07) is 6.69. The summed E-state index contributed by atoms with van der Waals surface area (Å²) in [6.45, 7) is 6.74. The van der Waals surface area contributed by atoms with Crippen LogP contribution in [0.2, 0.25) is 0 Å². The molecule has 3 nitrogen and oxygen atoms in total. The van der Waals surface area contributed by atoms with Crippen LogP contribution in [0.5, 0.6) is 0 Å². The van der Waals surface area contributed by atoms with E-state index < -0.39 is 5.97 Å². The van der Waals surface area contributed by atoms with E-state index in [1.165, 1.54) is 5.57 Å². The molecule has 0 aliphatic heterocycles. The van der Waals surface area contributed by atoms with E-state index in [9.17, 15) is 9.59 Å². The van der Waals surface area contributed by atoms with Crippen molar-refractivity contribution in [3.05, 3.63) is 47.0 Å². The highest BCUT2D eigenvalue weighted by molar-refractivity contribution is 5.98. The minimum Gasteiger partial charge on any atom is -0.462 e. The van der Waals surface area contributed by atoms with Crippen LogP contribution in [0.3, 0.4) is 0 Å². The lowest BCUT2D eigenvalue weighted by Gasteiger charge is -2.11. The van der Waals surface area contributed by atoms with Gasteiger partial charge < -0.3 is 4.74 Å². The van der Waals surface area contributed by atoms with E-state index in [4.69, 9.17) is 4.74 Å². The molecule has 21 heavy (non-hydrogen) atoms. The quantitative estimate of drug-likeness (QED) is 0.404. The predicted octanol–water partition coefficient (Wildman–Crippen LogP) is 4.43. The number of hydrogen-bond acceptors (Lipinski definition) is 3. The van der Waals surface area contributed by atoms with E-state index in [2.05, 4.69) is 26.8 Å². The van der Waals surface area contributed by atoms with Gasteiger partial charge in [-0.1, -0.05) is 36.8 Å². The molecule has 0 aliphatic carbocycles. The molecular formula is C18H24O3. The van der Waals surface area contributed by atoms with Crippen molar-refractivity contribution in [2.24, 2.45) is 5.92 Å². The first-order valence-corrected chi connectivity index (χ1v) is 7.39. The fourth-order valence-electron chi connectivity index (χ4n) is 2.02. The fourth-order valence-corrected chi connectivity index (χ4v) is 2.02. The van der Waals surface area contributed by atoms with Gasteiger partial charge >= 0.3 is 5.97 Å². The highest BCUT2D eigenvalue weighted by Crippen LogP contribution is 2.13. The Morgan fingerprint density at radius 3 is 2.62 bits per heavy atom. The molecule has 3 heteroatoms. The summed E-state index contributed by atoms with van der Waals surface area (Å²) in [5, 5.41) is 0. The Hall–Kier alpha value is -1.90. The molecule has 1 aromatic rings. The van der Waals surface area contributed by atoms with Crippen LogP contribution in [0.15, 0.2) is 35.9 Å². The molecule has 0 fully saturated rings. The van der Waals surface area contributed by atoms with E-state index in [1.807, 2.05) is 0 Å². The SMILES string of the molecule is CC(C)=CCCC(C)CCOC(=O)c1ccccc1C=O. The number of ether oxygens (including phenoxy) is 1. The van der Waals surface area contributed by atoms with Gasteiger partial charge in [0.15, 0.2) is 6.29 Å². The third kappa shape index (κ3) is 6.39. The maximum atomic E-state index is 11.9. The summed E-state index contributed by atoms with van der Waals surface area (Å²) in [4.78, 5) is 22.8. The monoisotopic (exact) mass is 288 g/mol. The van der Waals surface area contributed by atoms with Crippen molar-refractivity contribution in [1.29, 1.82) is 0 Å². The van der Waals surface area contributed by atoms with Crippen LogP contribution in [-0.4, -0.2) is 18.9 Å². The smallest absolute Gasteiger partial charge is 0.338 e. The zero-order valence-electron chi connectivity index (χ0n) is 13.1. The molecule has 1 aromatic carbocycles. The normalized spacial score (nSPS) is 11.6. The van der Waals surface area contributed by atoms with Gasteiger partial charge in [0, 0.05) is 5.56 Å². The summed E-state index contributed by atoms with van der Waals surface area (Å²) in [6.07, 6.45) is 5.89. The van der Waals surface area contributed by atoms with Gasteiger partial charge in [-0.2, -0.15) is 0 Å².